The van der Waals surface area contributed by atoms with Gasteiger partial charge in [-0.3, -0.25) is 4.98 Å². The molecule has 3 aromatic rings. The lowest BCUT2D eigenvalue weighted by Gasteiger charge is -2.34. The third-order valence-corrected chi connectivity index (χ3v) is 10.3. The van der Waals surface area contributed by atoms with Crippen LogP contribution in [0.4, 0.5) is 0 Å². The van der Waals surface area contributed by atoms with Crippen LogP contribution in [-0.4, -0.2) is 60.7 Å². The number of aromatic nitrogens is 3. The number of pyridine rings is 2. The first-order chi connectivity index (χ1) is 16.2. The summed E-state index contributed by atoms with van der Waals surface area (Å²) in [6.45, 7) is 0.709. The van der Waals surface area contributed by atoms with E-state index in [1.54, 1.807) is 6.20 Å². The Morgan fingerprint density at radius 3 is 2.56 bits per heavy atom. The van der Waals surface area contributed by atoms with Crippen molar-refractivity contribution in [3.8, 4) is 0 Å². The Labute approximate surface area is 200 Å². The molecule has 0 spiro atoms. The minimum atomic E-state index is -3.61. The summed E-state index contributed by atoms with van der Waals surface area (Å²) in [5, 5.41) is 7.40. The van der Waals surface area contributed by atoms with Crippen LogP contribution < -0.4 is 5.14 Å². The first-order valence-corrected chi connectivity index (χ1v) is 15.2. The standard InChI is InChI=1S/C23H31N5O4S2/c24-33(29,30)14-17-2-1-11-28(13-17)34(31,32)15-16-3-5-18(6-4-16)19-7-9-25-21-12-27-23-20(22(19)21)8-10-26-23/h7-10,12,16-18H,1-6,11,13-15H2,(H,26,27)(H2,24,29,30). The molecule has 1 aliphatic carbocycles. The van der Waals surface area contributed by atoms with Gasteiger partial charge in [0.25, 0.3) is 0 Å². The summed E-state index contributed by atoms with van der Waals surface area (Å²) >= 11 is 0. The van der Waals surface area contributed by atoms with Crippen molar-refractivity contribution in [3.63, 3.8) is 0 Å². The van der Waals surface area contributed by atoms with Gasteiger partial charge < -0.3 is 4.98 Å². The third-order valence-electron chi connectivity index (χ3n) is 7.40. The molecule has 11 heteroatoms. The van der Waals surface area contributed by atoms with E-state index in [1.807, 2.05) is 18.5 Å². The van der Waals surface area contributed by atoms with Crippen LogP contribution in [0, 0.1) is 11.8 Å². The molecular weight excluding hydrogens is 474 g/mol. The lowest BCUT2D eigenvalue weighted by molar-refractivity contribution is 0.276. The van der Waals surface area contributed by atoms with Crippen molar-refractivity contribution in [2.24, 2.45) is 17.0 Å². The number of nitrogens with two attached hydrogens (primary N) is 1. The van der Waals surface area contributed by atoms with Crippen LogP contribution in [0.3, 0.4) is 0 Å². The van der Waals surface area contributed by atoms with Crippen LogP contribution in [0.2, 0.25) is 0 Å². The highest BCUT2D eigenvalue weighted by Gasteiger charge is 2.34. The van der Waals surface area contributed by atoms with E-state index in [0.29, 0.717) is 25.3 Å². The Bertz CT molecular complexity index is 1400. The average Bonchev–Trinajstić information content (AvgIpc) is 3.27. The Morgan fingerprint density at radius 2 is 1.79 bits per heavy atom. The minimum absolute atomic E-state index is 0.113. The molecule has 2 fully saturated rings. The molecule has 184 valence electrons. The largest absolute Gasteiger partial charge is 0.346 e. The number of nitrogens with one attached hydrogen (secondary N) is 1. The van der Waals surface area contributed by atoms with Gasteiger partial charge in [0.15, 0.2) is 0 Å². The van der Waals surface area contributed by atoms with Crippen molar-refractivity contribution >= 4 is 42.0 Å². The van der Waals surface area contributed by atoms with E-state index in [-0.39, 0.29) is 29.9 Å². The normalized spacial score (nSPS) is 25.1. The van der Waals surface area contributed by atoms with Gasteiger partial charge in [-0.05, 0) is 74.0 Å². The fourth-order valence-electron chi connectivity index (χ4n) is 5.81. The summed E-state index contributed by atoms with van der Waals surface area (Å²) in [5.74, 6) is 0.216. The molecule has 0 bridgehead atoms. The Kier molecular flexibility index (Phi) is 6.38. The van der Waals surface area contributed by atoms with Crippen LogP contribution in [-0.2, 0) is 20.0 Å². The molecule has 5 rings (SSSR count). The van der Waals surface area contributed by atoms with Crippen molar-refractivity contribution in [2.75, 3.05) is 24.6 Å². The Morgan fingerprint density at radius 1 is 1.00 bits per heavy atom. The van der Waals surface area contributed by atoms with Crippen molar-refractivity contribution in [1.29, 1.82) is 0 Å². The zero-order chi connectivity index (χ0) is 23.9. The van der Waals surface area contributed by atoms with Gasteiger partial charge in [-0.25, -0.2) is 31.3 Å². The van der Waals surface area contributed by atoms with E-state index in [4.69, 9.17) is 5.14 Å². The minimum Gasteiger partial charge on any atom is -0.346 e. The molecule has 1 saturated carbocycles. The third kappa shape index (κ3) is 4.98. The van der Waals surface area contributed by atoms with E-state index < -0.39 is 20.0 Å². The number of piperidine rings is 1. The summed E-state index contributed by atoms with van der Waals surface area (Å²) in [4.78, 5) is 12.1. The van der Waals surface area contributed by atoms with E-state index in [0.717, 1.165) is 47.6 Å². The Balaban J connectivity index is 1.26. The first kappa shape index (κ1) is 23.7. The summed E-state index contributed by atoms with van der Waals surface area (Å²) in [6, 6.07) is 4.13. The highest BCUT2D eigenvalue weighted by atomic mass is 32.2. The zero-order valence-corrected chi connectivity index (χ0v) is 20.7. The van der Waals surface area contributed by atoms with Gasteiger partial charge in [0, 0.05) is 36.3 Å². The van der Waals surface area contributed by atoms with Crippen LogP contribution >= 0.6 is 0 Å². The molecule has 9 nitrogen and oxygen atoms in total. The topological polar surface area (TPSA) is 139 Å². The molecule has 0 amide bonds. The lowest BCUT2D eigenvalue weighted by atomic mass is 9.78. The van der Waals surface area contributed by atoms with Crippen LogP contribution in [0.1, 0.15) is 50.0 Å². The number of H-pyrrole nitrogens is 1. The number of aromatic amines is 1. The van der Waals surface area contributed by atoms with Crippen molar-refractivity contribution in [2.45, 2.75) is 44.4 Å². The van der Waals surface area contributed by atoms with Crippen molar-refractivity contribution in [1.82, 2.24) is 19.3 Å². The van der Waals surface area contributed by atoms with Gasteiger partial charge in [0.1, 0.15) is 5.65 Å². The zero-order valence-electron chi connectivity index (χ0n) is 19.1. The summed E-state index contributed by atoms with van der Waals surface area (Å²) < 4.78 is 50.7. The van der Waals surface area contributed by atoms with Gasteiger partial charge in [0.2, 0.25) is 20.0 Å². The highest BCUT2D eigenvalue weighted by molar-refractivity contribution is 7.89. The Hall–Kier alpha value is -2.08. The van der Waals surface area contributed by atoms with E-state index in [9.17, 15) is 16.8 Å². The van der Waals surface area contributed by atoms with Gasteiger partial charge in [-0.15, -0.1) is 0 Å². The predicted octanol–water partition coefficient (Wildman–Crippen LogP) is 2.72. The second kappa shape index (κ2) is 9.18. The van der Waals surface area contributed by atoms with Gasteiger partial charge in [-0.1, -0.05) is 0 Å². The van der Waals surface area contributed by atoms with Crippen molar-refractivity contribution < 1.29 is 16.8 Å². The molecule has 3 N–H and O–H groups in total. The predicted molar refractivity (Wildman–Crippen MR) is 132 cm³/mol. The maximum absolute atomic E-state index is 13.1. The van der Waals surface area contributed by atoms with E-state index >= 15 is 0 Å². The van der Waals surface area contributed by atoms with Crippen LogP contribution in [0.25, 0.3) is 21.9 Å². The molecule has 34 heavy (non-hydrogen) atoms. The second-order valence-corrected chi connectivity index (χ2v) is 13.5. The highest BCUT2D eigenvalue weighted by Crippen LogP contribution is 2.40. The SMILES string of the molecule is NS(=O)(=O)CC1CCCN(S(=O)(=O)CC2CCC(c3ccnc4cnc5[nH]ccc5c34)CC2)C1. The molecule has 3 aromatic heterocycles. The number of rotatable bonds is 6. The number of hydrogen-bond donors (Lipinski definition) is 2. The quantitative estimate of drug-likeness (QED) is 0.528. The second-order valence-electron chi connectivity index (χ2n) is 9.85. The lowest BCUT2D eigenvalue weighted by Crippen LogP contribution is -2.44. The van der Waals surface area contributed by atoms with Crippen LogP contribution in [0.5, 0.6) is 0 Å². The van der Waals surface area contributed by atoms with Crippen molar-refractivity contribution in [3.05, 3.63) is 36.3 Å². The van der Waals surface area contributed by atoms with Gasteiger partial charge in [0.05, 0.1) is 23.2 Å². The first-order valence-electron chi connectivity index (χ1n) is 11.9. The smallest absolute Gasteiger partial charge is 0.214 e. The average molecular weight is 506 g/mol. The number of nitrogens with zero attached hydrogens (tertiary/aromatic N) is 3. The molecule has 1 atom stereocenters. The van der Waals surface area contributed by atoms with E-state index in [2.05, 4.69) is 21.0 Å². The van der Waals surface area contributed by atoms with Gasteiger partial charge in [-0.2, -0.15) is 0 Å². The van der Waals surface area contributed by atoms with Gasteiger partial charge >= 0.3 is 0 Å². The fraction of sp³-hybridized carbons (Fsp3) is 0.565. The molecule has 1 saturated heterocycles. The molecule has 0 radical (unpaired) electrons. The molecular formula is C23H31N5O4S2. The maximum atomic E-state index is 13.1. The monoisotopic (exact) mass is 505 g/mol. The van der Waals surface area contributed by atoms with Crippen LogP contribution in [0.15, 0.2) is 30.7 Å². The molecule has 4 heterocycles. The number of primary sulfonamides is 1. The molecule has 0 aromatic carbocycles. The maximum Gasteiger partial charge on any atom is 0.214 e. The fourth-order valence-corrected chi connectivity index (χ4v) is 8.72. The number of sulfonamides is 2. The summed E-state index contributed by atoms with van der Waals surface area (Å²) in [6.07, 6.45) is 10.5. The number of hydrogen-bond acceptors (Lipinski definition) is 6. The molecule has 2 aliphatic rings. The summed E-state index contributed by atoms with van der Waals surface area (Å²) in [7, 11) is -7.04. The molecule has 1 aliphatic heterocycles. The number of fused-ring (bicyclic) bond motifs is 3. The van der Waals surface area contributed by atoms with E-state index in [1.165, 1.54) is 9.87 Å². The summed E-state index contributed by atoms with van der Waals surface area (Å²) in [5.41, 5.74) is 3.00. The molecule has 1 unspecified atom stereocenters.